The standard InChI is InChI=1S/C104H60N8O3/c1-3-21-61(22-4-1)62-45-49-65(50-46-62)101-110-102(76-34-16-30-68(54-76)67-29-15-33-75(53-67)95-93-82-38-12-14-43-89(82)114-98(93)85-58-70-26-8-10-28-72(70)60-87(85)106-95)112-104(111-101)77-35-17-31-73(55-77)79-39-20-44-90-91(79)83-41-19-40-80(96(83)115-90)74-32-18-36-78(56-74)103-108-99(64-23-5-2-6-24-64)107-100(109-103)66-51-47-63(48-52-66)94-92-81-37-11-13-42-88(81)113-97(92)84-57-69-25-7-9-27-71(69)59-86(84)105-94/h1-60H. The van der Waals surface area contributed by atoms with E-state index in [1.807, 2.05) is 66.7 Å². The molecule has 0 saturated heterocycles. The lowest BCUT2D eigenvalue weighted by Crippen LogP contribution is -2.00. The number of hydrogen-bond acceptors (Lipinski definition) is 11. The van der Waals surface area contributed by atoms with Crippen LogP contribution in [0.5, 0.6) is 0 Å². The Bertz CT molecular complexity index is 7910. The summed E-state index contributed by atoms with van der Waals surface area (Å²) in [6.45, 7) is 0. The molecule has 7 aromatic heterocycles. The summed E-state index contributed by atoms with van der Waals surface area (Å²) in [5, 5.41) is 12.4. The normalized spacial score (nSPS) is 11.8. The number of fused-ring (bicyclic) bond motifs is 15. The number of hydrogen-bond donors (Lipinski definition) is 0. The van der Waals surface area contributed by atoms with Crippen LogP contribution in [0.15, 0.2) is 377 Å². The number of benzene rings is 16. The second-order valence-corrected chi connectivity index (χ2v) is 29.2. The van der Waals surface area contributed by atoms with Gasteiger partial charge in [0, 0.05) is 82.4 Å². The van der Waals surface area contributed by atoms with Gasteiger partial charge in [-0.15, -0.1) is 0 Å². The quantitative estimate of drug-likeness (QED) is 0.108. The van der Waals surface area contributed by atoms with Crippen molar-refractivity contribution in [3.8, 4) is 135 Å². The highest BCUT2D eigenvalue weighted by molar-refractivity contribution is 6.23. The second kappa shape index (κ2) is 26.5. The van der Waals surface area contributed by atoms with Gasteiger partial charge in [-0.25, -0.2) is 39.9 Å². The molecule has 0 spiro atoms. The van der Waals surface area contributed by atoms with Crippen LogP contribution in [0.25, 0.3) is 245 Å². The highest BCUT2D eigenvalue weighted by atomic mass is 16.3. The molecule has 7 heterocycles. The molecule has 16 aromatic carbocycles. The molecule has 534 valence electrons. The van der Waals surface area contributed by atoms with Gasteiger partial charge in [-0.2, -0.15) is 0 Å². The molecule has 0 unspecified atom stereocenters. The van der Waals surface area contributed by atoms with E-state index in [4.69, 9.17) is 53.1 Å². The predicted octanol–water partition coefficient (Wildman–Crippen LogP) is 27.2. The maximum absolute atomic E-state index is 7.04. The molecule has 11 heteroatoms. The summed E-state index contributed by atoms with van der Waals surface area (Å²) in [6.07, 6.45) is 0. The van der Waals surface area contributed by atoms with Crippen LogP contribution >= 0.6 is 0 Å². The van der Waals surface area contributed by atoms with Crippen LogP contribution < -0.4 is 0 Å². The molecule has 115 heavy (non-hydrogen) atoms. The highest BCUT2D eigenvalue weighted by Crippen LogP contribution is 2.46. The third-order valence-corrected chi connectivity index (χ3v) is 22.3. The van der Waals surface area contributed by atoms with Crippen molar-refractivity contribution in [1.82, 2.24) is 39.9 Å². The fourth-order valence-electron chi connectivity index (χ4n) is 16.7. The summed E-state index contributed by atoms with van der Waals surface area (Å²) in [5.74, 6) is 3.26. The zero-order chi connectivity index (χ0) is 75.6. The minimum atomic E-state index is 0.535. The van der Waals surface area contributed by atoms with Crippen LogP contribution in [-0.2, 0) is 0 Å². The minimum absolute atomic E-state index is 0.535. The van der Waals surface area contributed by atoms with Gasteiger partial charge in [0.05, 0.1) is 33.2 Å². The number of furan rings is 3. The Morgan fingerprint density at radius 3 is 1.02 bits per heavy atom. The molecule has 0 bridgehead atoms. The zero-order valence-corrected chi connectivity index (χ0v) is 61.4. The van der Waals surface area contributed by atoms with Crippen LogP contribution in [0.3, 0.4) is 0 Å². The number of aromatic nitrogens is 8. The fourth-order valence-corrected chi connectivity index (χ4v) is 16.7. The smallest absolute Gasteiger partial charge is 0.164 e. The molecule has 0 aliphatic heterocycles. The van der Waals surface area contributed by atoms with Crippen molar-refractivity contribution in [3.05, 3.63) is 364 Å². The Balaban J connectivity index is 0.596. The zero-order valence-electron chi connectivity index (χ0n) is 61.4. The van der Waals surface area contributed by atoms with E-state index in [9.17, 15) is 0 Å². The highest BCUT2D eigenvalue weighted by Gasteiger charge is 2.25. The molecule has 0 amide bonds. The molecular weight excluding hydrogens is 1410 g/mol. The van der Waals surface area contributed by atoms with Crippen LogP contribution in [0, 0.1) is 0 Å². The Morgan fingerprint density at radius 1 is 0.165 bits per heavy atom. The van der Waals surface area contributed by atoms with Crippen LogP contribution in [0.4, 0.5) is 0 Å². The van der Waals surface area contributed by atoms with Gasteiger partial charge in [-0.3, -0.25) is 0 Å². The van der Waals surface area contributed by atoms with Gasteiger partial charge < -0.3 is 13.3 Å². The maximum atomic E-state index is 7.04. The molecule has 0 aliphatic rings. The van der Waals surface area contributed by atoms with Crippen LogP contribution in [0.2, 0.25) is 0 Å². The lowest BCUT2D eigenvalue weighted by molar-refractivity contribution is 0.670. The van der Waals surface area contributed by atoms with Gasteiger partial charge in [0.2, 0.25) is 0 Å². The first-order chi connectivity index (χ1) is 56.9. The van der Waals surface area contributed by atoms with Crippen LogP contribution in [-0.4, -0.2) is 39.9 Å². The molecule has 11 nitrogen and oxygen atoms in total. The summed E-state index contributed by atoms with van der Waals surface area (Å²) in [4.78, 5) is 42.5. The Hall–Kier alpha value is -15.7. The Labute approximate surface area is 657 Å². The van der Waals surface area contributed by atoms with Crippen molar-refractivity contribution >= 4 is 109 Å². The number of para-hydroxylation sites is 3. The van der Waals surface area contributed by atoms with E-state index >= 15 is 0 Å². The summed E-state index contributed by atoms with van der Waals surface area (Å²) >= 11 is 0. The molecule has 23 rings (SSSR count). The van der Waals surface area contributed by atoms with E-state index in [1.165, 1.54) is 0 Å². The average molecular weight is 1470 g/mol. The molecule has 0 saturated carbocycles. The molecule has 23 aromatic rings. The Kier molecular flexibility index (Phi) is 15.0. The first-order valence-electron chi connectivity index (χ1n) is 38.4. The number of rotatable bonds is 12. The van der Waals surface area contributed by atoms with Crippen molar-refractivity contribution in [2.24, 2.45) is 0 Å². The average Bonchev–Trinajstić information content (AvgIpc) is 1.60. The first-order valence-corrected chi connectivity index (χ1v) is 38.4. The van der Waals surface area contributed by atoms with Gasteiger partial charge in [0.15, 0.2) is 34.9 Å². The SMILES string of the molecule is c1ccc(-c2ccc(-c3nc(-c4cccc(-c5cccc(-c6nc7cc8ccccc8cc7c7oc8ccccc8c67)c5)c4)nc(-c4cccc(-c5cccc6oc7c(-c8cccc(-c9nc(-c%10ccccc%10)nc(-c%10ccc(-c%11nc%12cc%13ccccc%13cc%12c%12oc%13ccccc%13c%11%12)cc%10)n9)c8)cccc7c56)c4)n3)cc2)cc1. The Morgan fingerprint density at radius 2 is 0.487 bits per heavy atom. The van der Waals surface area contributed by atoms with E-state index in [0.29, 0.717) is 34.9 Å². The molecule has 0 radical (unpaired) electrons. The van der Waals surface area contributed by atoms with Crippen molar-refractivity contribution in [2.75, 3.05) is 0 Å². The van der Waals surface area contributed by atoms with E-state index in [2.05, 4.69) is 297 Å². The van der Waals surface area contributed by atoms with Crippen molar-refractivity contribution < 1.29 is 13.3 Å². The van der Waals surface area contributed by atoms with Gasteiger partial charge >= 0.3 is 0 Å². The van der Waals surface area contributed by atoms with E-state index in [1.54, 1.807) is 0 Å². The third-order valence-electron chi connectivity index (χ3n) is 22.3. The van der Waals surface area contributed by atoms with Gasteiger partial charge in [-0.05, 0) is 127 Å². The maximum Gasteiger partial charge on any atom is 0.164 e. The number of nitrogens with zero attached hydrogens (tertiary/aromatic N) is 8. The fraction of sp³-hybridized carbons (Fsp3) is 0. The minimum Gasteiger partial charge on any atom is -0.455 e. The largest absolute Gasteiger partial charge is 0.455 e. The van der Waals surface area contributed by atoms with Crippen molar-refractivity contribution in [1.29, 1.82) is 0 Å². The van der Waals surface area contributed by atoms with E-state index < -0.39 is 0 Å². The molecule has 0 fully saturated rings. The number of pyridine rings is 2. The van der Waals surface area contributed by atoms with Gasteiger partial charge in [0.1, 0.15) is 33.5 Å². The van der Waals surface area contributed by atoms with Crippen molar-refractivity contribution in [3.63, 3.8) is 0 Å². The lowest BCUT2D eigenvalue weighted by Gasteiger charge is -2.12. The van der Waals surface area contributed by atoms with Gasteiger partial charge in [-0.1, -0.05) is 297 Å². The monoisotopic (exact) mass is 1470 g/mol. The predicted molar refractivity (Wildman–Crippen MR) is 466 cm³/mol. The first kappa shape index (κ1) is 65.2. The van der Waals surface area contributed by atoms with E-state index in [-0.39, 0.29) is 0 Å². The third kappa shape index (κ3) is 11.3. The molecule has 0 aliphatic carbocycles. The molecule has 0 atom stereocenters. The summed E-state index contributed by atoms with van der Waals surface area (Å²) < 4.78 is 20.5. The van der Waals surface area contributed by atoms with E-state index in [0.717, 1.165) is 210 Å². The van der Waals surface area contributed by atoms with Gasteiger partial charge in [0.25, 0.3) is 0 Å². The molecule has 0 N–H and O–H groups in total. The van der Waals surface area contributed by atoms with Crippen LogP contribution in [0.1, 0.15) is 0 Å². The topological polar surface area (TPSA) is 143 Å². The summed E-state index contributed by atoms with van der Waals surface area (Å²) in [6, 6.07) is 126. The lowest BCUT2D eigenvalue weighted by atomic mass is 9.96. The summed E-state index contributed by atoms with van der Waals surface area (Å²) in [7, 11) is 0. The summed E-state index contributed by atoms with van der Waals surface area (Å²) in [5.41, 5.74) is 23.3. The molecular formula is C104H60N8O3. The second-order valence-electron chi connectivity index (χ2n) is 29.2. The van der Waals surface area contributed by atoms with Crippen molar-refractivity contribution in [2.45, 2.75) is 0 Å².